The Labute approximate surface area is 133 Å². The zero-order valence-corrected chi connectivity index (χ0v) is 13.4. The minimum Gasteiger partial charge on any atom is -0.365 e. The van der Waals surface area contributed by atoms with Crippen LogP contribution in [0.5, 0.6) is 0 Å². The number of hydrogen-bond donors (Lipinski definition) is 2. The van der Waals surface area contributed by atoms with Crippen molar-refractivity contribution in [3.05, 3.63) is 40.8 Å². The molecule has 1 aromatic carbocycles. The van der Waals surface area contributed by atoms with Crippen LogP contribution in [0.25, 0.3) is 11.1 Å². The number of rotatable bonds is 4. The molecule has 3 N–H and O–H groups in total. The fraction of sp³-hybridized carbons (Fsp3) is 0.294. The van der Waals surface area contributed by atoms with Crippen LogP contribution < -0.4 is 11.1 Å². The van der Waals surface area contributed by atoms with Gasteiger partial charge < -0.3 is 11.1 Å². The standard InChI is InChI=1S/C17H18N2O2S/c1-9-8-12(9)16(21)19-17-14(15(18)20)13(10(2)22-17)11-6-4-3-5-7-11/h3-7,9,12H,8H2,1-2H3,(H2,18,20)(H,19,21)/t9-,12-/m0/s1. The minimum absolute atomic E-state index is 0.0177. The van der Waals surface area contributed by atoms with E-state index in [1.165, 1.54) is 11.3 Å². The summed E-state index contributed by atoms with van der Waals surface area (Å²) in [7, 11) is 0. The molecule has 22 heavy (non-hydrogen) atoms. The first kappa shape index (κ1) is 14.8. The van der Waals surface area contributed by atoms with Gasteiger partial charge in [-0.05, 0) is 24.8 Å². The van der Waals surface area contributed by atoms with E-state index >= 15 is 0 Å². The van der Waals surface area contributed by atoms with Crippen LogP contribution >= 0.6 is 11.3 Å². The first-order chi connectivity index (χ1) is 10.5. The Morgan fingerprint density at radius 1 is 1.27 bits per heavy atom. The lowest BCUT2D eigenvalue weighted by atomic mass is 10.0. The number of anilines is 1. The smallest absolute Gasteiger partial charge is 0.252 e. The average Bonchev–Trinajstić information content (AvgIpc) is 3.12. The Kier molecular flexibility index (Phi) is 3.74. The number of nitrogens with one attached hydrogen (secondary N) is 1. The number of thiophene rings is 1. The maximum atomic E-state index is 12.2. The molecule has 1 fully saturated rings. The van der Waals surface area contributed by atoms with Gasteiger partial charge in [-0.15, -0.1) is 11.3 Å². The summed E-state index contributed by atoms with van der Waals surface area (Å²) in [5.74, 6) is -0.0480. The van der Waals surface area contributed by atoms with Crippen molar-refractivity contribution in [1.29, 1.82) is 0 Å². The van der Waals surface area contributed by atoms with E-state index in [4.69, 9.17) is 5.73 Å². The monoisotopic (exact) mass is 314 g/mol. The number of primary amides is 1. The molecule has 1 saturated carbocycles. The molecule has 0 aliphatic heterocycles. The van der Waals surface area contributed by atoms with E-state index in [9.17, 15) is 9.59 Å². The molecule has 0 unspecified atom stereocenters. The second kappa shape index (κ2) is 5.57. The van der Waals surface area contributed by atoms with Gasteiger partial charge in [0.15, 0.2) is 0 Å². The molecule has 0 bridgehead atoms. The Morgan fingerprint density at radius 2 is 1.91 bits per heavy atom. The van der Waals surface area contributed by atoms with Crippen molar-refractivity contribution in [2.75, 3.05) is 5.32 Å². The third kappa shape index (κ3) is 2.64. The minimum atomic E-state index is -0.512. The molecule has 2 atom stereocenters. The maximum Gasteiger partial charge on any atom is 0.252 e. The van der Waals surface area contributed by atoms with E-state index in [-0.39, 0.29) is 11.8 Å². The predicted octanol–water partition coefficient (Wildman–Crippen LogP) is 3.42. The van der Waals surface area contributed by atoms with Crippen LogP contribution in [0.15, 0.2) is 30.3 Å². The lowest BCUT2D eigenvalue weighted by Gasteiger charge is -2.06. The Morgan fingerprint density at radius 3 is 2.45 bits per heavy atom. The van der Waals surface area contributed by atoms with Gasteiger partial charge in [0.25, 0.3) is 5.91 Å². The highest BCUT2D eigenvalue weighted by molar-refractivity contribution is 7.17. The lowest BCUT2D eigenvalue weighted by molar-refractivity contribution is -0.117. The number of aryl methyl sites for hydroxylation is 1. The Hall–Kier alpha value is -2.14. The number of carbonyl (C=O) groups excluding carboxylic acids is 2. The van der Waals surface area contributed by atoms with Crippen molar-refractivity contribution in [3.8, 4) is 11.1 Å². The summed E-state index contributed by atoms with van der Waals surface area (Å²) in [6, 6.07) is 9.64. The van der Waals surface area contributed by atoms with Crippen LogP contribution in [0.3, 0.4) is 0 Å². The SMILES string of the molecule is Cc1sc(NC(=O)[C@H]2C[C@@H]2C)c(C(N)=O)c1-c1ccccc1. The molecule has 1 heterocycles. The van der Waals surface area contributed by atoms with Gasteiger partial charge in [0.1, 0.15) is 5.00 Å². The first-order valence-electron chi connectivity index (χ1n) is 7.28. The Balaban J connectivity index is 2.01. The van der Waals surface area contributed by atoms with Gasteiger partial charge in [-0.1, -0.05) is 37.3 Å². The van der Waals surface area contributed by atoms with Gasteiger partial charge in [-0.3, -0.25) is 9.59 Å². The quantitative estimate of drug-likeness (QED) is 0.907. The molecular weight excluding hydrogens is 296 g/mol. The van der Waals surface area contributed by atoms with Crippen molar-refractivity contribution in [2.45, 2.75) is 20.3 Å². The maximum absolute atomic E-state index is 12.2. The van der Waals surface area contributed by atoms with Crippen molar-refractivity contribution in [3.63, 3.8) is 0 Å². The van der Waals surface area contributed by atoms with E-state index in [0.717, 1.165) is 22.4 Å². The molecule has 1 aliphatic rings. The summed E-state index contributed by atoms with van der Waals surface area (Å²) < 4.78 is 0. The van der Waals surface area contributed by atoms with Gasteiger partial charge in [0.05, 0.1) is 5.56 Å². The average molecular weight is 314 g/mol. The highest BCUT2D eigenvalue weighted by atomic mass is 32.1. The normalized spacial score (nSPS) is 19.7. The molecule has 2 amide bonds. The van der Waals surface area contributed by atoms with Gasteiger partial charge in [-0.2, -0.15) is 0 Å². The molecular formula is C17H18N2O2S. The highest BCUT2D eigenvalue weighted by Gasteiger charge is 2.39. The van der Waals surface area contributed by atoms with Crippen LogP contribution in [0.4, 0.5) is 5.00 Å². The summed E-state index contributed by atoms with van der Waals surface area (Å²) in [6.45, 7) is 3.99. The third-order valence-electron chi connectivity index (χ3n) is 4.08. The van der Waals surface area contributed by atoms with Gasteiger partial charge in [0, 0.05) is 16.4 Å². The molecule has 5 heteroatoms. The van der Waals surface area contributed by atoms with Gasteiger partial charge in [0.2, 0.25) is 5.91 Å². The van der Waals surface area contributed by atoms with Crippen LogP contribution in [0, 0.1) is 18.8 Å². The number of benzene rings is 1. The second-order valence-electron chi connectivity index (χ2n) is 5.78. The molecule has 4 nitrogen and oxygen atoms in total. The summed E-state index contributed by atoms with van der Waals surface area (Å²) in [6.07, 6.45) is 0.910. The van der Waals surface area contributed by atoms with Gasteiger partial charge in [-0.25, -0.2) is 0 Å². The topological polar surface area (TPSA) is 72.2 Å². The van der Waals surface area contributed by atoms with Crippen LogP contribution in [0.2, 0.25) is 0 Å². The lowest BCUT2D eigenvalue weighted by Crippen LogP contribution is -2.18. The van der Waals surface area contributed by atoms with Crippen molar-refractivity contribution < 1.29 is 9.59 Å². The second-order valence-corrected chi connectivity index (χ2v) is 7.00. The zero-order valence-electron chi connectivity index (χ0n) is 12.6. The molecule has 1 aliphatic carbocycles. The van der Waals surface area contributed by atoms with E-state index in [0.29, 0.717) is 16.5 Å². The number of amides is 2. The third-order valence-corrected chi connectivity index (χ3v) is 5.10. The first-order valence-corrected chi connectivity index (χ1v) is 8.10. The molecule has 0 radical (unpaired) electrons. The van der Waals surface area contributed by atoms with E-state index in [1.807, 2.05) is 44.2 Å². The number of hydrogen-bond acceptors (Lipinski definition) is 3. The van der Waals surface area contributed by atoms with E-state index in [1.54, 1.807) is 0 Å². The van der Waals surface area contributed by atoms with Crippen LogP contribution in [-0.4, -0.2) is 11.8 Å². The predicted molar refractivity (Wildman–Crippen MR) is 88.9 cm³/mol. The fourth-order valence-electron chi connectivity index (χ4n) is 2.71. The zero-order chi connectivity index (χ0) is 15.9. The van der Waals surface area contributed by atoms with Crippen LogP contribution in [0.1, 0.15) is 28.6 Å². The molecule has 3 rings (SSSR count). The molecule has 2 aromatic rings. The summed E-state index contributed by atoms with van der Waals surface area (Å²) in [5.41, 5.74) is 7.74. The van der Waals surface area contributed by atoms with E-state index in [2.05, 4.69) is 5.32 Å². The highest BCUT2D eigenvalue weighted by Crippen LogP contribution is 2.42. The largest absolute Gasteiger partial charge is 0.365 e. The van der Waals surface area contributed by atoms with E-state index < -0.39 is 5.91 Å². The molecule has 1 aromatic heterocycles. The number of carbonyl (C=O) groups is 2. The van der Waals surface area contributed by atoms with Gasteiger partial charge >= 0.3 is 0 Å². The summed E-state index contributed by atoms with van der Waals surface area (Å²) in [4.78, 5) is 25.1. The Bertz CT molecular complexity index is 737. The van der Waals surface area contributed by atoms with Crippen LogP contribution in [-0.2, 0) is 4.79 Å². The van der Waals surface area contributed by atoms with Crippen molar-refractivity contribution in [1.82, 2.24) is 0 Å². The molecule has 114 valence electrons. The summed E-state index contributed by atoms with van der Waals surface area (Å²) in [5, 5.41) is 3.46. The number of nitrogens with two attached hydrogens (primary N) is 1. The van der Waals surface area contributed by atoms with Crippen molar-refractivity contribution >= 4 is 28.2 Å². The fourth-order valence-corrected chi connectivity index (χ4v) is 3.80. The van der Waals surface area contributed by atoms with Crippen molar-refractivity contribution in [2.24, 2.45) is 17.6 Å². The summed E-state index contributed by atoms with van der Waals surface area (Å²) >= 11 is 1.41. The molecule has 0 spiro atoms. The molecule has 0 saturated heterocycles.